The maximum absolute atomic E-state index is 12.9. The lowest BCUT2D eigenvalue weighted by Crippen LogP contribution is -2.30. The fourth-order valence-electron chi connectivity index (χ4n) is 9.11. The Morgan fingerprint density at radius 1 is 0.256 bits per heavy atom. The molecule has 82 heavy (non-hydrogen) atoms. The van der Waals surface area contributed by atoms with Crippen molar-refractivity contribution in [2.24, 2.45) is 0 Å². The Morgan fingerprint density at radius 2 is 0.488 bits per heavy atom. The van der Waals surface area contributed by atoms with E-state index >= 15 is 0 Å². The lowest BCUT2D eigenvalue weighted by molar-refractivity contribution is -0.167. The zero-order valence-electron chi connectivity index (χ0n) is 53.2. The Bertz CT molecular complexity index is 1780. The van der Waals surface area contributed by atoms with Crippen molar-refractivity contribution in [2.75, 3.05) is 13.2 Å². The quantitative estimate of drug-likeness (QED) is 0.0261. The van der Waals surface area contributed by atoms with Gasteiger partial charge < -0.3 is 14.2 Å². The van der Waals surface area contributed by atoms with Crippen LogP contribution in [0.15, 0.2) is 146 Å². The Balaban J connectivity index is 4.38. The van der Waals surface area contributed by atoms with Gasteiger partial charge >= 0.3 is 17.9 Å². The molecular formula is C76H124O6. The van der Waals surface area contributed by atoms with Gasteiger partial charge in [-0.15, -0.1) is 0 Å². The van der Waals surface area contributed by atoms with Crippen molar-refractivity contribution in [1.82, 2.24) is 0 Å². The third-order valence-electron chi connectivity index (χ3n) is 14.1. The SMILES string of the molecule is CC/C=C\C/C=C\C/C=C\C/C=C\C/C=C\C/C=C\C/C=C\CCCCCCCCCCCC(=O)OCC(COC(=O)CCCCCCCCCCCCCCCCCC)OC(=O)CCC/C=C\C/C=C\C/C=C\C/C=C\C/C=C\CC. The molecule has 0 heterocycles. The average Bonchev–Trinajstić information content (AvgIpc) is 3.48. The van der Waals surface area contributed by atoms with Crippen molar-refractivity contribution in [2.45, 2.75) is 303 Å². The molecule has 0 rings (SSSR count). The fraction of sp³-hybridized carbons (Fsp3) is 0.645. The number of carbonyl (C=O) groups excluding carboxylic acids is 3. The van der Waals surface area contributed by atoms with E-state index in [1.54, 1.807) is 0 Å². The van der Waals surface area contributed by atoms with Gasteiger partial charge in [0.25, 0.3) is 0 Å². The van der Waals surface area contributed by atoms with Crippen LogP contribution < -0.4 is 0 Å². The summed E-state index contributed by atoms with van der Waals surface area (Å²) in [5.74, 6) is -0.964. The number of rotatable bonds is 60. The molecule has 0 aliphatic carbocycles. The first-order valence-corrected chi connectivity index (χ1v) is 33.8. The largest absolute Gasteiger partial charge is 0.462 e. The first-order valence-electron chi connectivity index (χ1n) is 33.8. The molecule has 0 saturated carbocycles. The monoisotopic (exact) mass is 1130 g/mol. The maximum Gasteiger partial charge on any atom is 0.306 e. The third kappa shape index (κ3) is 66.1. The zero-order valence-corrected chi connectivity index (χ0v) is 53.2. The van der Waals surface area contributed by atoms with E-state index in [0.29, 0.717) is 19.3 Å². The van der Waals surface area contributed by atoms with Crippen molar-refractivity contribution in [3.8, 4) is 0 Å². The maximum atomic E-state index is 12.9. The molecule has 0 aliphatic heterocycles. The van der Waals surface area contributed by atoms with Crippen molar-refractivity contribution >= 4 is 17.9 Å². The van der Waals surface area contributed by atoms with Crippen LogP contribution in [0.25, 0.3) is 0 Å². The summed E-state index contributed by atoms with van der Waals surface area (Å²) in [4.78, 5) is 38.4. The van der Waals surface area contributed by atoms with Gasteiger partial charge in [0.1, 0.15) is 13.2 Å². The fourth-order valence-corrected chi connectivity index (χ4v) is 9.11. The Morgan fingerprint density at radius 3 is 0.780 bits per heavy atom. The van der Waals surface area contributed by atoms with E-state index < -0.39 is 6.10 Å². The second-order valence-electron chi connectivity index (χ2n) is 22.0. The summed E-state index contributed by atoms with van der Waals surface area (Å²) in [6.45, 7) is 6.38. The standard InChI is InChI=1S/C76H124O6/c1-4-7-10-13-16-19-22-25-28-31-32-33-34-35-36-37-38-39-40-41-42-43-44-46-48-51-54-57-60-63-66-69-75(78)81-72-73(71-80-74(77)68-65-62-59-56-53-50-47-30-27-24-21-18-15-12-9-6-3)82-76(79)70-67-64-61-58-55-52-49-45-29-26-23-20-17-14-11-8-5-2/h7-8,10-11,16-17,19-20,25-26,28-29,32-33,35-36,38-39,41-42,49,52,58,61,73H,4-6,9,12-15,18,21-24,27,30-31,34,37,40,43-48,50-51,53-57,59-60,62-72H2,1-3H3/b10-7-,11-8-,19-16-,20-17-,28-25-,29-26-,33-32-,36-35-,39-38-,42-41-,52-49-,61-58-. The normalized spacial score (nSPS) is 13.1. The molecular weight excluding hydrogens is 1010 g/mol. The molecule has 0 radical (unpaired) electrons. The average molecular weight is 1130 g/mol. The van der Waals surface area contributed by atoms with Crippen LogP contribution >= 0.6 is 0 Å². The summed E-state index contributed by atoms with van der Waals surface area (Å²) in [6, 6.07) is 0. The van der Waals surface area contributed by atoms with Gasteiger partial charge in [0.2, 0.25) is 0 Å². The smallest absolute Gasteiger partial charge is 0.306 e. The van der Waals surface area contributed by atoms with Crippen LogP contribution in [0, 0.1) is 0 Å². The van der Waals surface area contributed by atoms with Gasteiger partial charge in [-0.3, -0.25) is 14.4 Å². The Kier molecular flexibility index (Phi) is 64.8. The van der Waals surface area contributed by atoms with Crippen LogP contribution in [-0.2, 0) is 28.6 Å². The number of hydrogen-bond donors (Lipinski definition) is 0. The van der Waals surface area contributed by atoms with Gasteiger partial charge in [0, 0.05) is 19.3 Å². The van der Waals surface area contributed by atoms with Gasteiger partial charge in [0.05, 0.1) is 0 Å². The molecule has 0 spiro atoms. The highest BCUT2D eigenvalue weighted by molar-refractivity contribution is 5.71. The zero-order chi connectivity index (χ0) is 59.2. The molecule has 0 saturated heterocycles. The molecule has 6 nitrogen and oxygen atoms in total. The second kappa shape index (κ2) is 68.8. The number of allylic oxidation sites excluding steroid dienone is 24. The molecule has 0 N–H and O–H groups in total. The van der Waals surface area contributed by atoms with Crippen molar-refractivity contribution in [3.05, 3.63) is 146 Å². The molecule has 464 valence electrons. The second-order valence-corrected chi connectivity index (χ2v) is 22.0. The summed E-state index contributed by atoms with van der Waals surface area (Å²) < 4.78 is 16.9. The van der Waals surface area contributed by atoms with Crippen LogP contribution in [0.5, 0.6) is 0 Å². The minimum Gasteiger partial charge on any atom is -0.462 e. The van der Waals surface area contributed by atoms with Crippen LogP contribution in [-0.4, -0.2) is 37.2 Å². The minimum absolute atomic E-state index is 0.104. The number of unbranched alkanes of at least 4 members (excludes halogenated alkanes) is 25. The van der Waals surface area contributed by atoms with Gasteiger partial charge in [-0.1, -0.05) is 308 Å². The van der Waals surface area contributed by atoms with Gasteiger partial charge in [-0.05, 0) is 116 Å². The van der Waals surface area contributed by atoms with Gasteiger partial charge in [-0.2, -0.15) is 0 Å². The van der Waals surface area contributed by atoms with E-state index in [-0.39, 0.29) is 37.5 Å². The molecule has 0 aliphatic rings. The highest BCUT2D eigenvalue weighted by Gasteiger charge is 2.19. The number of carbonyl (C=O) groups is 3. The topological polar surface area (TPSA) is 78.9 Å². The number of esters is 3. The van der Waals surface area contributed by atoms with Crippen LogP contribution in [0.2, 0.25) is 0 Å². The van der Waals surface area contributed by atoms with Crippen molar-refractivity contribution in [1.29, 1.82) is 0 Å². The van der Waals surface area contributed by atoms with E-state index in [4.69, 9.17) is 14.2 Å². The van der Waals surface area contributed by atoms with Crippen LogP contribution in [0.3, 0.4) is 0 Å². The predicted molar refractivity (Wildman–Crippen MR) is 357 cm³/mol. The summed E-state index contributed by atoms with van der Waals surface area (Å²) >= 11 is 0. The first-order chi connectivity index (χ1) is 40.5. The van der Waals surface area contributed by atoms with E-state index in [1.807, 2.05) is 0 Å². The first kappa shape index (κ1) is 77.3. The number of hydrogen-bond acceptors (Lipinski definition) is 6. The molecule has 6 heteroatoms. The molecule has 1 unspecified atom stereocenters. The lowest BCUT2D eigenvalue weighted by Gasteiger charge is -2.18. The van der Waals surface area contributed by atoms with E-state index in [0.717, 1.165) is 128 Å². The number of ether oxygens (including phenoxy) is 3. The Hall–Kier alpha value is -4.71. The molecule has 0 aromatic heterocycles. The Labute approximate surface area is 506 Å². The third-order valence-corrected chi connectivity index (χ3v) is 14.1. The predicted octanol–water partition coefficient (Wildman–Crippen LogP) is 23.5. The lowest BCUT2D eigenvalue weighted by atomic mass is 10.0. The van der Waals surface area contributed by atoms with Crippen molar-refractivity contribution < 1.29 is 28.6 Å². The summed E-state index contributed by atoms with van der Waals surface area (Å²) in [5, 5.41) is 0. The van der Waals surface area contributed by atoms with Crippen molar-refractivity contribution in [3.63, 3.8) is 0 Å². The highest BCUT2D eigenvalue weighted by atomic mass is 16.6. The highest BCUT2D eigenvalue weighted by Crippen LogP contribution is 2.16. The minimum atomic E-state index is -0.815. The molecule has 0 aromatic rings. The van der Waals surface area contributed by atoms with Gasteiger partial charge in [-0.25, -0.2) is 0 Å². The molecule has 0 fully saturated rings. The van der Waals surface area contributed by atoms with E-state index in [2.05, 4.69) is 167 Å². The van der Waals surface area contributed by atoms with Crippen LogP contribution in [0.1, 0.15) is 297 Å². The molecule has 0 amide bonds. The molecule has 1 atom stereocenters. The molecule has 0 bridgehead atoms. The summed E-state index contributed by atoms with van der Waals surface area (Å²) in [5.41, 5.74) is 0. The van der Waals surface area contributed by atoms with E-state index in [1.165, 1.54) is 122 Å². The molecule has 0 aromatic carbocycles. The van der Waals surface area contributed by atoms with Crippen LogP contribution in [0.4, 0.5) is 0 Å². The van der Waals surface area contributed by atoms with Gasteiger partial charge in [0.15, 0.2) is 6.10 Å². The summed E-state index contributed by atoms with van der Waals surface area (Å²) in [7, 11) is 0. The van der Waals surface area contributed by atoms with E-state index in [9.17, 15) is 14.4 Å². The summed E-state index contributed by atoms with van der Waals surface area (Å²) in [6.07, 6.45) is 98.7.